The van der Waals surface area contributed by atoms with Crippen LogP contribution in [0.2, 0.25) is 0 Å². The molecule has 1 fully saturated rings. The highest BCUT2D eigenvalue weighted by Crippen LogP contribution is 2.22. The van der Waals surface area contributed by atoms with E-state index in [0.717, 1.165) is 6.20 Å². The number of rotatable bonds is 2. The number of thiazole rings is 1. The molecule has 1 aromatic rings. The first-order valence-corrected chi connectivity index (χ1v) is 7.76. The molecule has 0 atom stereocenters. The summed E-state index contributed by atoms with van der Waals surface area (Å²) in [5.41, 5.74) is -0.562. The summed E-state index contributed by atoms with van der Waals surface area (Å²) in [5, 5.41) is 0.345. The summed E-state index contributed by atoms with van der Waals surface area (Å²) in [6, 6.07) is 0. The van der Waals surface area contributed by atoms with E-state index < -0.39 is 23.4 Å². The summed E-state index contributed by atoms with van der Waals surface area (Å²) in [4.78, 5) is 19.1. The number of anilines is 1. The van der Waals surface area contributed by atoms with Crippen LogP contribution in [0, 0.1) is 0 Å². The minimum absolute atomic E-state index is 0.345. The molecular weight excluding hydrogens is 318 g/mol. The molecule has 0 radical (unpaired) electrons. The third-order valence-electron chi connectivity index (χ3n) is 3.04. The summed E-state index contributed by atoms with van der Waals surface area (Å²) in [6.45, 7) is 2.05. The molecule has 0 saturated carbocycles. The van der Waals surface area contributed by atoms with Gasteiger partial charge in [0.25, 0.3) is 0 Å². The van der Waals surface area contributed by atoms with Crippen LogP contribution in [0.3, 0.4) is 0 Å². The van der Waals surface area contributed by atoms with E-state index in [4.69, 9.17) is 4.74 Å². The fraction of sp³-hybridized carbons (Fsp3) is 0.667. The molecule has 1 amide bonds. The van der Waals surface area contributed by atoms with Gasteiger partial charge in [0.2, 0.25) is 0 Å². The van der Waals surface area contributed by atoms with E-state index in [2.05, 4.69) is 4.98 Å². The van der Waals surface area contributed by atoms with Crippen LogP contribution in [-0.4, -0.2) is 54.7 Å². The molecule has 5 nitrogen and oxygen atoms in total. The third-order valence-corrected chi connectivity index (χ3v) is 4.19. The van der Waals surface area contributed by atoms with Crippen molar-refractivity contribution in [3.05, 3.63) is 6.20 Å². The highest BCUT2D eigenvalue weighted by Gasteiger charge is 2.30. The zero-order valence-electron chi connectivity index (χ0n) is 12.7. The number of hydrogen-bond acceptors (Lipinski definition) is 5. The predicted molar refractivity (Wildman–Crippen MR) is 80.8 cm³/mol. The van der Waals surface area contributed by atoms with E-state index in [0.29, 0.717) is 42.6 Å². The van der Waals surface area contributed by atoms with E-state index in [1.807, 2.05) is 0 Å². The number of nitrogens with zero attached hydrogens (tertiary/aromatic N) is 3. The van der Waals surface area contributed by atoms with Gasteiger partial charge in [0.15, 0.2) is 5.13 Å². The molecule has 1 saturated heterocycles. The van der Waals surface area contributed by atoms with Crippen molar-refractivity contribution in [2.24, 2.45) is 0 Å². The van der Waals surface area contributed by atoms with E-state index in [1.54, 1.807) is 30.6 Å². The van der Waals surface area contributed by atoms with Crippen molar-refractivity contribution in [3.8, 4) is 0 Å². The molecule has 22 heavy (non-hydrogen) atoms. The standard InChI is InChI=1S/C12H18BF3N3O2S/c1-12(2,3)21-11(20)19-6-4-18(5-7-19)10-17-8-9(22-10)13(14,15)16/h8H,4-7H2,1-3H3/q-1. The van der Waals surface area contributed by atoms with Crippen molar-refractivity contribution >= 4 is 34.3 Å². The molecule has 0 spiro atoms. The average Bonchev–Trinajstić information content (AvgIpc) is 2.86. The Hall–Kier alpha value is -1.45. The Bertz CT molecular complexity index is 536. The van der Waals surface area contributed by atoms with Gasteiger partial charge in [-0.25, -0.2) is 9.78 Å². The summed E-state index contributed by atoms with van der Waals surface area (Å²) in [5.74, 6) is 0. The molecule has 0 N–H and O–H groups in total. The molecule has 0 bridgehead atoms. The van der Waals surface area contributed by atoms with Gasteiger partial charge in [-0.2, -0.15) is 0 Å². The fourth-order valence-corrected chi connectivity index (χ4v) is 2.85. The summed E-state index contributed by atoms with van der Waals surface area (Å²) >= 11 is 0.649. The van der Waals surface area contributed by atoms with Crippen molar-refractivity contribution in [1.82, 2.24) is 9.88 Å². The lowest BCUT2D eigenvalue weighted by molar-refractivity contribution is 0.0240. The van der Waals surface area contributed by atoms with Gasteiger partial charge < -0.3 is 27.5 Å². The Morgan fingerprint density at radius 2 is 1.86 bits per heavy atom. The fourth-order valence-electron chi connectivity index (χ4n) is 1.98. The predicted octanol–water partition coefficient (Wildman–Crippen LogP) is 2.25. The van der Waals surface area contributed by atoms with E-state index in [1.165, 1.54) is 0 Å². The maximum Gasteiger partial charge on any atom is 0.521 e. The van der Waals surface area contributed by atoms with Crippen LogP contribution in [0.4, 0.5) is 22.9 Å². The molecule has 10 heteroatoms. The van der Waals surface area contributed by atoms with Crippen LogP contribution in [0.1, 0.15) is 20.8 Å². The van der Waals surface area contributed by atoms with Gasteiger partial charge in [-0.1, -0.05) is 0 Å². The molecule has 1 aliphatic heterocycles. The molecule has 0 aromatic carbocycles. The topological polar surface area (TPSA) is 45.7 Å². The van der Waals surface area contributed by atoms with E-state index in [-0.39, 0.29) is 0 Å². The zero-order chi connectivity index (χ0) is 16.5. The zero-order valence-corrected chi connectivity index (χ0v) is 13.5. The number of hydrogen-bond donors (Lipinski definition) is 0. The van der Waals surface area contributed by atoms with Crippen LogP contribution >= 0.6 is 11.3 Å². The average molecular weight is 336 g/mol. The SMILES string of the molecule is CC(C)(C)OC(=O)N1CCN(c2ncc([B-](F)(F)F)s2)CC1. The van der Waals surface area contributed by atoms with Crippen molar-refractivity contribution in [3.63, 3.8) is 0 Å². The first-order chi connectivity index (χ1) is 10.1. The second-order valence-corrected chi connectivity index (χ2v) is 7.12. The number of piperazine rings is 1. The molecule has 1 aromatic heterocycles. The molecule has 124 valence electrons. The molecule has 2 heterocycles. The van der Waals surface area contributed by atoms with E-state index in [9.17, 15) is 17.7 Å². The second-order valence-electron chi connectivity index (χ2n) is 6.07. The number of aromatic nitrogens is 1. The van der Waals surface area contributed by atoms with Gasteiger partial charge in [-0.15, -0.1) is 11.3 Å². The summed E-state index contributed by atoms with van der Waals surface area (Å²) in [6.07, 6.45) is 0.478. The highest BCUT2D eigenvalue weighted by atomic mass is 32.1. The molecule has 2 rings (SSSR count). The summed E-state index contributed by atoms with van der Waals surface area (Å²) < 4.78 is 42.5. The Morgan fingerprint density at radius 1 is 1.27 bits per heavy atom. The number of halogens is 3. The van der Waals surface area contributed by atoms with Gasteiger partial charge in [-0.05, 0) is 25.5 Å². The van der Waals surface area contributed by atoms with Crippen LogP contribution in [-0.2, 0) is 4.74 Å². The van der Waals surface area contributed by atoms with Crippen molar-refractivity contribution < 1.29 is 22.5 Å². The van der Waals surface area contributed by atoms with Crippen LogP contribution in [0.5, 0.6) is 0 Å². The van der Waals surface area contributed by atoms with Crippen LogP contribution in [0.15, 0.2) is 6.20 Å². The molecule has 0 unspecified atom stereocenters. The van der Waals surface area contributed by atoms with Crippen molar-refractivity contribution in [2.45, 2.75) is 26.4 Å². The Kier molecular flexibility index (Phi) is 4.60. The Morgan fingerprint density at radius 3 is 2.32 bits per heavy atom. The monoisotopic (exact) mass is 336 g/mol. The van der Waals surface area contributed by atoms with Crippen molar-refractivity contribution in [2.75, 3.05) is 31.1 Å². The van der Waals surface area contributed by atoms with Gasteiger partial charge in [0, 0.05) is 32.4 Å². The number of carbonyl (C=O) groups is 1. The van der Waals surface area contributed by atoms with Crippen LogP contribution in [0.25, 0.3) is 0 Å². The Balaban J connectivity index is 1.92. The largest absolute Gasteiger partial charge is 0.521 e. The lowest BCUT2D eigenvalue weighted by Gasteiger charge is -2.35. The van der Waals surface area contributed by atoms with E-state index >= 15 is 0 Å². The first kappa shape index (κ1) is 16.9. The number of ether oxygens (including phenoxy) is 1. The Labute approximate surface area is 131 Å². The lowest BCUT2D eigenvalue weighted by atomic mass is 9.91. The van der Waals surface area contributed by atoms with Gasteiger partial charge >= 0.3 is 13.1 Å². The van der Waals surface area contributed by atoms with Crippen molar-refractivity contribution in [1.29, 1.82) is 0 Å². The highest BCUT2D eigenvalue weighted by molar-refractivity contribution is 7.26. The first-order valence-electron chi connectivity index (χ1n) is 6.95. The minimum Gasteiger partial charge on any atom is -0.444 e. The molecule has 1 aliphatic rings. The van der Waals surface area contributed by atoms with Gasteiger partial charge in [0.05, 0.1) is 0 Å². The minimum atomic E-state index is -5.01. The third kappa shape index (κ3) is 4.28. The maximum absolute atomic E-state index is 12.6. The maximum atomic E-state index is 12.6. The van der Waals surface area contributed by atoms with Gasteiger partial charge in [-0.3, -0.25) is 0 Å². The smallest absolute Gasteiger partial charge is 0.444 e. The van der Waals surface area contributed by atoms with Crippen LogP contribution < -0.4 is 9.68 Å². The quantitative estimate of drug-likeness (QED) is 0.778. The lowest BCUT2D eigenvalue weighted by Crippen LogP contribution is -2.50. The number of carbonyl (C=O) groups excluding carboxylic acids is 1. The summed E-state index contributed by atoms with van der Waals surface area (Å²) in [7, 11) is 0. The number of amides is 1. The van der Waals surface area contributed by atoms with Gasteiger partial charge in [0.1, 0.15) is 5.60 Å². The second kappa shape index (κ2) is 5.98. The molecule has 0 aliphatic carbocycles. The molecular formula is C12H18BF3N3O2S-. The normalized spacial score (nSPS) is 16.8.